The van der Waals surface area contributed by atoms with E-state index in [0.29, 0.717) is 28.5 Å². The first-order chi connectivity index (χ1) is 13.7. The smallest absolute Gasteiger partial charge is 0.229 e. The normalized spacial score (nSPS) is 10.6. The SMILES string of the molecule is COc1ccc2c(CC(=O)Nc3ccccc3Oc3ccccc3)coc2c1. The summed E-state index contributed by atoms with van der Waals surface area (Å²) >= 11 is 0. The van der Waals surface area contributed by atoms with E-state index in [2.05, 4.69) is 5.32 Å². The molecule has 0 saturated carbocycles. The average molecular weight is 373 g/mol. The number of carbonyl (C=O) groups excluding carboxylic acids is 1. The second-order valence-electron chi connectivity index (χ2n) is 6.26. The maximum absolute atomic E-state index is 12.6. The number of nitrogens with one attached hydrogen (secondary N) is 1. The van der Waals surface area contributed by atoms with Crippen molar-refractivity contribution in [2.75, 3.05) is 12.4 Å². The lowest BCUT2D eigenvalue weighted by atomic mass is 10.1. The molecule has 0 spiro atoms. The molecule has 1 N–H and O–H groups in total. The van der Waals surface area contributed by atoms with Gasteiger partial charge in [0.15, 0.2) is 5.75 Å². The molecule has 0 unspecified atom stereocenters. The third kappa shape index (κ3) is 3.83. The number of hydrogen-bond acceptors (Lipinski definition) is 4. The molecule has 3 aromatic carbocycles. The predicted molar refractivity (Wildman–Crippen MR) is 108 cm³/mol. The van der Waals surface area contributed by atoms with Gasteiger partial charge in [-0.1, -0.05) is 30.3 Å². The Balaban J connectivity index is 1.50. The summed E-state index contributed by atoms with van der Waals surface area (Å²) in [6.45, 7) is 0. The van der Waals surface area contributed by atoms with Crippen LogP contribution in [0.15, 0.2) is 83.5 Å². The highest BCUT2D eigenvalue weighted by Gasteiger charge is 2.13. The third-order valence-electron chi connectivity index (χ3n) is 4.35. The van der Waals surface area contributed by atoms with Gasteiger partial charge in [0.25, 0.3) is 0 Å². The van der Waals surface area contributed by atoms with E-state index in [1.165, 1.54) is 0 Å². The van der Waals surface area contributed by atoms with Crippen LogP contribution in [-0.4, -0.2) is 13.0 Å². The molecule has 5 nitrogen and oxygen atoms in total. The van der Waals surface area contributed by atoms with Crippen molar-refractivity contribution in [2.24, 2.45) is 0 Å². The molecule has 28 heavy (non-hydrogen) atoms. The summed E-state index contributed by atoms with van der Waals surface area (Å²) in [5, 5.41) is 3.82. The summed E-state index contributed by atoms with van der Waals surface area (Å²) in [5.74, 6) is 1.86. The molecule has 5 heteroatoms. The zero-order valence-corrected chi connectivity index (χ0v) is 15.3. The van der Waals surface area contributed by atoms with Gasteiger partial charge in [-0.15, -0.1) is 0 Å². The second-order valence-corrected chi connectivity index (χ2v) is 6.26. The highest BCUT2D eigenvalue weighted by Crippen LogP contribution is 2.30. The van der Waals surface area contributed by atoms with Crippen molar-refractivity contribution in [1.82, 2.24) is 0 Å². The van der Waals surface area contributed by atoms with E-state index in [1.807, 2.05) is 66.7 Å². The lowest BCUT2D eigenvalue weighted by molar-refractivity contribution is -0.115. The number of rotatable bonds is 6. The number of anilines is 1. The molecular weight excluding hydrogens is 354 g/mol. The molecular formula is C23H19NO4. The van der Waals surface area contributed by atoms with Gasteiger partial charge in [-0.25, -0.2) is 0 Å². The number of furan rings is 1. The summed E-state index contributed by atoms with van der Waals surface area (Å²) in [7, 11) is 1.60. The van der Waals surface area contributed by atoms with Crippen LogP contribution in [0.5, 0.6) is 17.2 Å². The lowest BCUT2D eigenvalue weighted by Gasteiger charge is -2.12. The first-order valence-corrected chi connectivity index (χ1v) is 8.89. The molecule has 1 aromatic heterocycles. The Bertz CT molecular complexity index is 1100. The van der Waals surface area contributed by atoms with E-state index in [-0.39, 0.29) is 12.3 Å². The van der Waals surface area contributed by atoms with E-state index < -0.39 is 0 Å². The van der Waals surface area contributed by atoms with Gasteiger partial charge < -0.3 is 19.2 Å². The maximum Gasteiger partial charge on any atom is 0.229 e. The zero-order chi connectivity index (χ0) is 19.3. The molecule has 0 aliphatic carbocycles. The van der Waals surface area contributed by atoms with E-state index in [4.69, 9.17) is 13.9 Å². The van der Waals surface area contributed by atoms with Crippen LogP contribution in [0.4, 0.5) is 5.69 Å². The Kier molecular flexibility index (Phi) is 4.97. The Morgan fingerprint density at radius 3 is 2.57 bits per heavy atom. The fraction of sp³-hybridized carbons (Fsp3) is 0.0870. The summed E-state index contributed by atoms with van der Waals surface area (Å²) in [6, 6.07) is 22.4. The molecule has 0 aliphatic heterocycles. The number of benzene rings is 3. The Labute approximate surface area is 162 Å². The van der Waals surface area contributed by atoms with Gasteiger partial charge in [0, 0.05) is 17.0 Å². The minimum absolute atomic E-state index is 0.150. The van der Waals surface area contributed by atoms with Crippen molar-refractivity contribution in [3.05, 3.63) is 84.6 Å². The number of fused-ring (bicyclic) bond motifs is 1. The lowest BCUT2D eigenvalue weighted by Crippen LogP contribution is -2.14. The topological polar surface area (TPSA) is 60.7 Å². The number of amides is 1. The number of hydrogen-bond donors (Lipinski definition) is 1. The molecule has 1 heterocycles. The van der Waals surface area contributed by atoms with Crippen LogP contribution in [0.3, 0.4) is 0 Å². The van der Waals surface area contributed by atoms with Gasteiger partial charge in [0.05, 0.1) is 25.5 Å². The van der Waals surface area contributed by atoms with E-state index >= 15 is 0 Å². The minimum atomic E-state index is -0.150. The van der Waals surface area contributed by atoms with Crippen LogP contribution in [0.2, 0.25) is 0 Å². The Morgan fingerprint density at radius 2 is 1.75 bits per heavy atom. The quantitative estimate of drug-likeness (QED) is 0.491. The van der Waals surface area contributed by atoms with Gasteiger partial charge in [0.1, 0.15) is 17.1 Å². The molecule has 4 aromatic rings. The van der Waals surface area contributed by atoms with Crippen LogP contribution in [0.25, 0.3) is 11.0 Å². The van der Waals surface area contributed by atoms with Crippen molar-refractivity contribution in [2.45, 2.75) is 6.42 Å². The summed E-state index contributed by atoms with van der Waals surface area (Å²) in [4.78, 5) is 12.6. The van der Waals surface area contributed by atoms with Crippen LogP contribution in [0.1, 0.15) is 5.56 Å². The third-order valence-corrected chi connectivity index (χ3v) is 4.35. The molecule has 0 bridgehead atoms. The number of methoxy groups -OCH3 is 1. The Morgan fingerprint density at radius 1 is 0.964 bits per heavy atom. The second kappa shape index (κ2) is 7.88. The number of para-hydroxylation sites is 3. The van der Waals surface area contributed by atoms with E-state index in [1.54, 1.807) is 19.4 Å². The van der Waals surface area contributed by atoms with Crippen LogP contribution in [0, 0.1) is 0 Å². The molecule has 140 valence electrons. The molecule has 0 aliphatic rings. The molecule has 4 rings (SSSR count). The summed E-state index contributed by atoms with van der Waals surface area (Å²) in [6.07, 6.45) is 1.80. The van der Waals surface area contributed by atoms with E-state index in [9.17, 15) is 4.79 Å². The van der Waals surface area contributed by atoms with Gasteiger partial charge in [0.2, 0.25) is 5.91 Å². The van der Waals surface area contributed by atoms with Gasteiger partial charge in [-0.05, 0) is 36.4 Å². The standard InChI is InChI=1S/C23H19NO4/c1-26-18-11-12-19-16(15-27-22(19)14-18)13-23(25)24-20-9-5-6-10-21(20)28-17-7-3-2-4-8-17/h2-12,14-15H,13H2,1H3,(H,24,25). The fourth-order valence-electron chi connectivity index (χ4n) is 2.97. The van der Waals surface area contributed by atoms with Crippen LogP contribution < -0.4 is 14.8 Å². The van der Waals surface area contributed by atoms with Crippen LogP contribution in [-0.2, 0) is 11.2 Å². The highest BCUT2D eigenvalue weighted by atomic mass is 16.5. The monoisotopic (exact) mass is 373 g/mol. The van der Waals surface area contributed by atoms with Gasteiger partial charge >= 0.3 is 0 Å². The molecule has 0 radical (unpaired) electrons. The first-order valence-electron chi connectivity index (χ1n) is 8.89. The fourth-order valence-corrected chi connectivity index (χ4v) is 2.97. The number of carbonyl (C=O) groups is 1. The van der Waals surface area contributed by atoms with E-state index in [0.717, 1.165) is 10.9 Å². The maximum atomic E-state index is 12.6. The highest BCUT2D eigenvalue weighted by molar-refractivity contribution is 5.96. The summed E-state index contributed by atoms with van der Waals surface area (Å²) < 4.78 is 16.7. The molecule has 0 fully saturated rings. The summed E-state index contributed by atoms with van der Waals surface area (Å²) in [5.41, 5.74) is 2.12. The average Bonchev–Trinajstić information content (AvgIpc) is 3.12. The number of ether oxygens (including phenoxy) is 2. The molecule has 0 saturated heterocycles. The van der Waals surface area contributed by atoms with Crippen molar-refractivity contribution >= 4 is 22.6 Å². The van der Waals surface area contributed by atoms with Crippen molar-refractivity contribution < 1.29 is 18.7 Å². The first kappa shape index (κ1) is 17.7. The van der Waals surface area contributed by atoms with Crippen molar-refractivity contribution in [3.8, 4) is 17.2 Å². The van der Waals surface area contributed by atoms with Gasteiger partial charge in [-0.2, -0.15) is 0 Å². The van der Waals surface area contributed by atoms with Crippen molar-refractivity contribution in [1.29, 1.82) is 0 Å². The van der Waals surface area contributed by atoms with Crippen LogP contribution >= 0.6 is 0 Å². The largest absolute Gasteiger partial charge is 0.497 e. The van der Waals surface area contributed by atoms with Crippen molar-refractivity contribution in [3.63, 3.8) is 0 Å². The molecule has 1 amide bonds. The predicted octanol–water partition coefficient (Wildman–Crippen LogP) is 5.41. The van der Waals surface area contributed by atoms with Gasteiger partial charge in [-0.3, -0.25) is 4.79 Å². The Hall–Kier alpha value is -3.73. The minimum Gasteiger partial charge on any atom is -0.497 e. The zero-order valence-electron chi connectivity index (χ0n) is 15.3. The molecule has 0 atom stereocenters.